The van der Waals surface area contributed by atoms with Gasteiger partial charge in [-0.25, -0.2) is 9.28 Å². The van der Waals surface area contributed by atoms with Crippen LogP contribution in [0.3, 0.4) is 0 Å². The molecule has 81 heavy (non-hydrogen) atoms. The van der Waals surface area contributed by atoms with Crippen LogP contribution in [-0.4, -0.2) is 233 Å². The largest absolute Gasteiger partial charge is 0.357 e. The molecule has 4 aliphatic rings. The molecule has 21 heteroatoms. The van der Waals surface area contributed by atoms with Gasteiger partial charge in [0.2, 0.25) is 47.3 Å². The molecule has 3 heterocycles. The highest BCUT2D eigenvalue weighted by atomic mass is 16.2. The van der Waals surface area contributed by atoms with Crippen LogP contribution in [0.5, 0.6) is 0 Å². The van der Waals surface area contributed by atoms with Gasteiger partial charge in [0.1, 0.15) is 42.3 Å². The number of carbonyl (C=O) groups is 10. The van der Waals surface area contributed by atoms with Crippen molar-refractivity contribution >= 4 is 59.1 Å². The molecule has 1 aliphatic carbocycles. The molecule has 0 spiro atoms. The number of nitrogens with one attached hydrogen (secondary N) is 3. The van der Waals surface area contributed by atoms with Crippen LogP contribution in [0.2, 0.25) is 0 Å². The van der Waals surface area contributed by atoms with Gasteiger partial charge >= 0.3 is 5.91 Å². The predicted octanol–water partition coefficient (Wildman–Crippen LogP) is 3.18. The normalized spacial score (nSPS) is 25.6. The van der Waals surface area contributed by atoms with E-state index in [0.29, 0.717) is 31.7 Å². The van der Waals surface area contributed by atoms with E-state index in [1.807, 2.05) is 76.2 Å². The zero-order valence-electron chi connectivity index (χ0n) is 53.5. The second-order valence-electron chi connectivity index (χ2n) is 26.4. The molecule has 0 radical (unpaired) electrons. The summed E-state index contributed by atoms with van der Waals surface area (Å²) in [5.74, 6) is -4.63. The molecule has 1 saturated carbocycles. The summed E-state index contributed by atoms with van der Waals surface area (Å²) in [7, 11) is 10.9. The number of quaternary nitrogens is 1. The van der Waals surface area contributed by atoms with Gasteiger partial charge in [0.05, 0.1) is 12.6 Å². The predicted molar refractivity (Wildman–Crippen MR) is 311 cm³/mol. The zero-order valence-corrected chi connectivity index (χ0v) is 53.5. The van der Waals surface area contributed by atoms with E-state index < -0.39 is 95.6 Å². The molecular formula is C60H106N11O10+. The monoisotopic (exact) mass is 1140 g/mol. The van der Waals surface area contributed by atoms with Gasteiger partial charge in [-0.15, -0.1) is 0 Å². The number of rotatable bonds is 29. The Morgan fingerprint density at radius 2 is 1.14 bits per heavy atom. The Labute approximate surface area is 485 Å². The second kappa shape index (κ2) is 27.9. The fourth-order valence-corrected chi connectivity index (χ4v) is 13.4. The van der Waals surface area contributed by atoms with Gasteiger partial charge < -0.3 is 45.3 Å². The minimum Gasteiger partial charge on any atom is -0.357 e. The van der Waals surface area contributed by atoms with Gasteiger partial charge in [0, 0.05) is 74.3 Å². The summed E-state index contributed by atoms with van der Waals surface area (Å²) in [6, 6.07) is -8.01. The van der Waals surface area contributed by atoms with Gasteiger partial charge in [0.15, 0.2) is 18.1 Å². The number of nitrogens with zero attached hydrogens (tertiary/aromatic N) is 8. The first-order chi connectivity index (χ1) is 37.6. The van der Waals surface area contributed by atoms with Crippen molar-refractivity contribution < 1.29 is 52.4 Å². The lowest BCUT2D eigenvalue weighted by atomic mass is 9.74. The van der Waals surface area contributed by atoms with E-state index in [4.69, 9.17) is 0 Å². The number of carbonyl (C=O) groups excluding carboxylic acids is 10. The summed E-state index contributed by atoms with van der Waals surface area (Å²) in [5, 5.41) is 8.51. The highest BCUT2D eigenvalue weighted by Gasteiger charge is 2.85. The molecule has 0 aromatic heterocycles. The third-order valence-electron chi connectivity index (χ3n) is 18.5. The van der Waals surface area contributed by atoms with Crippen LogP contribution in [0.1, 0.15) is 149 Å². The highest BCUT2D eigenvalue weighted by Crippen LogP contribution is 2.64. The Morgan fingerprint density at radius 3 is 1.60 bits per heavy atom. The first-order valence-electron chi connectivity index (χ1n) is 30.2. The number of fused-ring (bicyclic) bond motifs is 1. The average Bonchev–Trinajstić information content (AvgIpc) is 4.36. The SMILES string of the molecule is CC[C@H]1CN1[C@@H](CC)C(=O)N(C)CC(=O)N(C)[C@@H](CC(C)C)C(=O)N[C@H](C(=O)N(C)[C@H]1CC(C)C2CC3C2[N+]3([C@@H](C)C(=O)N[C@H](C)C(=O)N(C)[C@@H](CC(C)C)C(=O)N(C)C(CC(C)C)C(=O)N(C)[C@H](C(=O)NC)C(C)C)C1=O)C(C)C. The highest BCUT2D eigenvalue weighted by molar-refractivity contribution is 5.97. The van der Waals surface area contributed by atoms with Gasteiger partial charge in [-0.1, -0.05) is 90.0 Å². The fourth-order valence-electron chi connectivity index (χ4n) is 13.4. The molecule has 4 fully saturated rings. The van der Waals surface area contributed by atoms with E-state index in [1.165, 1.54) is 43.5 Å². The standard InChI is InChI=1S/C60H105N11O10/c1-23-40-30-70(40)42(24-2)56(77)64(17)31-48(72)65(18)43(25-32(3)4)53(74)63-49(35(9)10)59(80)68(21)46-28-37(13)41-29-47-51(41)71(47,60(46)81)39(15)52(73)62-38(14)55(76)66(19)44(26-33(5)6)57(78)67(20)45(27-34(7)8)58(79)69(22)50(36(11)12)54(75)61-16/h32-47,49-51H,23-31H2,1-22H3,(H2-,61,62,63,73,74,75)/p+1/t37?,38-,39+,40+,41?,42+,43+,44+,45?,46+,47?,49+,50+,51?,70?,71?/m1/s1. The van der Waals surface area contributed by atoms with Crippen LogP contribution in [0.4, 0.5) is 0 Å². The summed E-state index contributed by atoms with van der Waals surface area (Å²) >= 11 is 0. The molecule has 0 bridgehead atoms. The van der Waals surface area contributed by atoms with Crippen LogP contribution >= 0.6 is 0 Å². The van der Waals surface area contributed by atoms with E-state index >= 15 is 4.79 Å². The summed E-state index contributed by atoms with van der Waals surface area (Å²) in [5.41, 5.74) is 0. The molecule has 0 aromatic carbocycles. The third kappa shape index (κ3) is 14.6. The van der Waals surface area contributed by atoms with E-state index in [-0.39, 0.29) is 88.8 Å². The molecule has 0 aromatic rings. The van der Waals surface area contributed by atoms with Gasteiger partial charge in [0.25, 0.3) is 5.91 Å². The molecular weight excluding hydrogens is 1030 g/mol. The van der Waals surface area contributed by atoms with Crippen LogP contribution in [0, 0.1) is 41.4 Å². The molecule has 4 rings (SSSR count). The summed E-state index contributed by atoms with van der Waals surface area (Å²) in [6.45, 7) is 28.9. The van der Waals surface area contributed by atoms with Crippen LogP contribution in [0.15, 0.2) is 0 Å². The van der Waals surface area contributed by atoms with Crippen molar-refractivity contribution in [3.8, 4) is 0 Å². The van der Waals surface area contributed by atoms with Crippen molar-refractivity contribution in [1.82, 2.24) is 50.2 Å². The molecule has 7 unspecified atom stereocenters. The van der Waals surface area contributed by atoms with Crippen LogP contribution < -0.4 is 16.0 Å². The van der Waals surface area contributed by atoms with Gasteiger partial charge in [-0.3, -0.25) is 48.1 Å². The van der Waals surface area contributed by atoms with E-state index in [9.17, 15) is 43.2 Å². The molecule has 10 amide bonds. The second-order valence-corrected chi connectivity index (χ2v) is 26.4. The zero-order chi connectivity index (χ0) is 61.8. The molecule has 21 nitrogen and oxygen atoms in total. The van der Waals surface area contributed by atoms with Crippen molar-refractivity contribution in [3.63, 3.8) is 0 Å². The maximum Gasteiger partial charge on any atom is 0.337 e. The molecule has 3 aliphatic heterocycles. The molecule has 3 N–H and O–H groups in total. The quantitative estimate of drug-likeness (QED) is 0.0728. The fraction of sp³-hybridized carbons (Fsp3) is 0.833. The van der Waals surface area contributed by atoms with Crippen molar-refractivity contribution in [1.29, 1.82) is 0 Å². The number of hydrogen-bond donors (Lipinski definition) is 3. The van der Waals surface area contributed by atoms with Gasteiger partial charge in [-0.2, -0.15) is 0 Å². The summed E-state index contributed by atoms with van der Waals surface area (Å²) < 4.78 is -0.161. The topological polar surface area (TPSA) is 229 Å². The Morgan fingerprint density at radius 1 is 0.617 bits per heavy atom. The third-order valence-corrected chi connectivity index (χ3v) is 18.5. The van der Waals surface area contributed by atoms with Crippen molar-refractivity contribution in [3.05, 3.63) is 0 Å². The lowest BCUT2D eigenvalue weighted by Gasteiger charge is -2.39. The molecule has 460 valence electrons. The lowest BCUT2D eigenvalue weighted by molar-refractivity contribution is -0.757. The minimum atomic E-state index is -1.12. The van der Waals surface area contributed by atoms with E-state index in [2.05, 4.69) is 34.7 Å². The first-order valence-corrected chi connectivity index (χ1v) is 30.2. The van der Waals surface area contributed by atoms with Crippen molar-refractivity contribution in [2.45, 2.75) is 221 Å². The minimum absolute atomic E-state index is 0.00418. The Hall–Kier alpha value is -5.18. The maximum atomic E-state index is 15.3. The summed E-state index contributed by atoms with van der Waals surface area (Å²) in [6.07, 6.45) is 3.50. The van der Waals surface area contributed by atoms with Crippen LogP contribution in [0.25, 0.3) is 0 Å². The van der Waals surface area contributed by atoms with E-state index in [1.54, 1.807) is 49.1 Å². The Kier molecular flexibility index (Phi) is 23.6. The summed E-state index contributed by atoms with van der Waals surface area (Å²) in [4.78, 5) is 153. The first kappa shape index (κ1) is 68.3. The Bertz CT molecular complexity index is 2310. The van der Waals surface area contributed by atoms with E-state index in [0.717, 1.165) is 19.4 Å². The Balaban J connectivity index is 1.53. The van der Waals surface area contributed by atoms with Crippen LogP contribution in [-0.2, 0) is 47.9 Å². The molecule has 16 atom stereocenters. The maximum absolute atomic E-state index is 15.3. The average molecular weight is 1140 g/mol. The molecule has 3 saturated heterocycles. The number of likely N-dealkylation sites (N-methyl/N-ethyl adjacent to an activating group) is 7. The number of amides is 10. The van der Waals surface area contributed by atoms with Gasteiger partial charge in [-0.05, 0) is 87.9 Å². The van der Waals surface area contributed by atoms with Crippen molar-refractivity contribution in [2.75, 3.05) is 62.4 Å². The lowest BCUT2D eigenvalue weighted by Crippen LogP contribution is -2.62. The number of hydrogen-bond acceptors (Lipinski definition) is 11. The van der Waals surface area contributed by atoms with Crippen molar-refractivity contribution in [2.24, 2.45) is 41.4 Å². The smallest absolute Gasteiger partial charge is 0.337 e.